The SMILES string of the molecule is [CH2][C@H](Cc1ccccc1)C(=O)N(C)c1cc2ccccc2[nH]c1=O. The van der Waals surface area contributed by atoms with E-state index < -0.39 is 5.92 Å². The van der Waals surface area contributed by atoms with Gasteiger partial charge in [-0.3, -0.25) is 9.59 Å². The van der Waals surface area contributed by atoms with E-state index in [9.17, 15) is 9.59 Å². The summed E-state index contributed by atoms with van der Waals surface area (Å²) in [5.41, 5.74) is 1.85. The molecule has 0 spiro atoms. The van der Waals surface area contributed by atoms with Gasteiger partial charge in [0.25, 0.3) is 5.56 Å². The van der Waals surface area contributed by atoms with Gasteiger partial charge in [0.15, 0.2) is 0 Å². The van der Waals surface area contributed by atoms with Crippen molar-refractivity contribution in [2.45, 2.75) is 6.42 Å². The summed E-state index contributed by atoms with van der Waals surface area (Å²) in [5, 5.41) is 0.885. The molecule has 0 unspecified atom stereocenters. The monoisotopic (exact) mass is 319 g/mol. The number of nitrogens with one attached hydrogen (secondary N) is 1. The van der Waals surface area contributed by atoms with Crippen molar-refractivity contribution in [1.29, 1.82) is 0 Å². The van der Waals surface area contributed by atoms with Gasteiger partial charge in [0.05, 0.1) is 0 Å². The van der Waals surface area contributed by atoms with E-state index in [1.807, 2.05) is 54.6 Å². The molecule has 24 heavy (non-hydrogen) atoms. The maximum atomic E-state index is 12.6. The lowest BCUT2D eigenvalue weighted by molar-refractivity contribution is -0.120. The van der Waals surface area contributed by atoms with Crippen molar-refractivity contribution in [1.82, 2.24) is 4.98 Å². The number of fused-ring (bicyclic) bond motifs is 1. The number of amides is 1. The summed E-state index contributed by atoms with van der Waals surface area (Å²) in [5.74, 6) is -0.636. The zero-order chi connectivity index (χ0) is 17.1. The van der Waals surface area contributed by atoms with Gasteiger partial charge in [-0.15, -0.1) is 0 Å². The topological polar surface area (TPSA) is 53.2 Å². The number of pyridine rings is 1. The highest BCUT2D eigenvalue weighted by Crippen LogP contribution is 2.18. The van der Waals surface area contributed by atoms with Crippen LogP contribution in [0.3, 0.4) is 0 Å². The van der Waals surface area contributed by atoms with Gasteiger partial charge >= 0.3 is 0 Å². The van der Waals surface area contributed by atoms with Gasteiger partial charge in [-0.25, -0.2) is 0 Å². The fourth-order valence-corrected chi connectivity index (χ4v) is 2.76. The molecule has 0 fully saturated rings. The minimum atomic E-state index is -0.455. The smallest absolute Gasteiger partial charge is 0.272 e. The Hall–Kier alpha value is -2.88. The van der Waals surface area contributed by atoms with Crippen molar-refractivity contribution in [3.63, 3.8) is 0 Å². The van der Waals surface area contributed by atoms with E-state index in [1.165, 1.54) is 4.90 Å². The normalized spacial score (nSPS) is 12.1. The van der Waals surface area contributed by atoms with Gasteiger partial charge in [-0.05, 0) is 31.0 Å². The fraction of sp³-hybridized carbons (Fsp3) is 0.150. The summed E-state index contributed by atoms with van der Waals surface area (Å²) in [6, 6.07) is 19.0. The lowest BCUT2D eigenvalue weighted by Crippen LogP contribution is -2.36. The summed E-state index contributed by atoms with van der Waals surface area (Å²) in [6.45, 7) is 3.97. The molecule has 0 aliphatic carbocycles. The minimum absolute atomic E-state index is 0.181. The Labute approximate surface area is 140 Å². The zero-order valence-electron chi connectivity index (χ0n) is 13.5. The third-order valence-electron chi connectivity index (χ3n) is 4.10. The molecule has 1 heterocycles. The molecule has 2 aromatic carbocycles. The van der Waals surface area contributed by atoms with Crippen molar-refractivity contribution in [3.8, 4) is 0 Å². The first kappa shape index (κ1) is 16.0. The second kappa shape index (κ2) is 6.71. The van der Waals surface area contributed by atoms with E-state index in [1.54, 1.807) is 13.1 Å². The van der Waals surface area contributed by atoms with Crippen LogP contribution in [0.15, 0.2) is 65.5 Å². The van der Waals surface area contributed by atoms with E-state index in [0.717, 1.165) is 16.5 Å². The number of H-pyrrole nitrogens is 1. The van der Waals surface area contributed by atoms with Crippen molar-refractivity contribution >= 4 is 22.5 Å². The molecule has 1 radical (unpaired) electrons. The number of carbonyl (C=O) groups is 1. The Morgan fingerprint density at radius 3 is 2.54 bits per heavy atom. The third-order valence-corrected chi connectivity index (χ3v) is 4.10. The summed E-state index contributed by atoms with van der Waals surface area (Å²) < 4.78 is 0. The van der Waals surface area contributed by atoms with Crippen LogP contribution < -0.4 is 10.5 Å². The van der Waals surface area contributed by atoms with Gasteiger partial charge in [0.1, 0.15) is 5.69 Å². The molecule has 1 N–H and O–H groups in total. The lowest BCUT2D eigenvalue weighted by atomic mass is 10.00. The van der Waals surface area contributed by atoms with Crippen molar-refractivity contribution in [3.05, 3.63) is 83.5 Å². The molecule has 3 rings (SSSR count). The van der Waals surface area contributed by atoms with Crippen LogP contribution in [-0.4, -0.2) is 17.9 Å². The third kappa shape index (κ3) is 3.23. The molecule has 1 aromatic heterocycles. The molecule has 4 nitrogen and oxygen atoms in total. The van der Waals surface area contributed by atoms with E-state index in [4.69, 9.17) is 0 Å². The summed E-state index contributed by atoms with van der Waals surface area (Å²) in [6.07, 6.45) is 0.537. The molecule has 0 saturated heterocycles. The van der Waals surface area contributed by atoms with Crippen LogP contribution in [0.2, 0.25) is 0 Å². The lowest BCUT2D eigenvalue weighted by Gasteiger charge is -2.21. The predicted octanol–water partition coefficient (Wildman–Crippen LogP) is 3.18. The van der Waals surface area contributed by atoms with E-state index in [0.29, 0.717) is 12.1 Å². The van der Waals surface area contributed by atoms with Crippen LogP contribution >= 0.6 is 0 Å². The molecule has 3 aromatic rings. The largest absolute Gasteiger partial charge is 0.320 e. The Morgan fingerprint density at radius 2 is 1.79 bits per heavy atom. The number of aromatic nitrogens is 1. The van der Waals surface area contributed by atoms with Gasteiger partial charge in [0.2, 0.25) is 5.91 Å². The quantitative estimate of drug-likeness (QED) is 0.803. The zero-order valence-corrected chi connectivity index (χ0v) is 13.5. The number of para-hydroxylation sites is 1. The van der Waals surface area contributed by atoms with Crippen LogP contribution in [0, 0.1) is 12.8 Å². The van der Waals surface area contributed by atoms with Crippen LogP contribution in [0.25, 0.3) is 10.9 Å². The van der Waals surface area contributed by atoms with Crippen LogP contribution in [-0.2, 0) is 11.2 Å². The number of carbonyl (C=O) groups excluding carboxylic acids is 1. The van der Waals surface area contributed by atoms with Crippen LogP contribution in [0.5, 0.6) is 0 Å². The molecule has 1 amide bonds. The molecule has 4 heteroatoms. The summed E-state index contributed by atoms with van der Waals surface area (Å²) in [4.78, 5) is 29.1. The number of anilines is 1. The number of aromatic amines is 1. The Kier molecular flexibility index (Phi) is 4.47. The van der Waals surface area contributed by atoms with Gasteiger partial charge < -0.3 is 9.88 Å². The first-order valence-corrected chi connectivity index (χ1v) is 7.83. The highest BCUT2D eigenvalue weighted by Gasteiger charge is 2.21. The fourth-order valence-electron chi connectivity index (χ4n) is 2.76. The maximum Gasteiger partial charge on any atom is 0.272 e. The Balaban J connectivity index is 1.85. The number of benzene rings is 2. The second-order valence-electron chi connectivity index (χ2n) is 5.85. The van der Waals surface area contributed by atoms with Gasteiger partial charge in [0, 0.05) is 23.9 Å². The highest BCUT2D eigenvalue weighted by atomic mass is 16.2. The summed E-state index contributed by atoms with van der Waals surface area (Å²) in [7, 11) is 1.62. The molecule has 0 aliphatic heterocycles. The van der Waals surface area contributed by atoms with Gasteiger partial charge in [-0.2, -0.15) is 0 Å². The number of hydrogen-bond donors (Lipinski definition) is 1. The Morgan fingerprint density at radius 1 is 1.12 bits per heavy atom. The average Bonchev–Trinajstić information content (AvgIpc) is 2.60. The number of rotatable bonds is 4. The number of hydrogen-bond acceptors (Lipinski definition) is 2. The van der Waals surface area contributed by atoms with Crippen LogP contribution in [0.4, 0.5) is 5.69 Å². The minimum Gasteiger partial charge on any atom is -0.320 e. The molecule has 0 bridgehead atoms. The van der Waals surface area contributed by atoms with Crippen molar-refractivity contribution in [2.24, 2.45) is 5.92 Å². The predicted molar refractivity (Wildman–Crippen MR) is 97.0 cm³/mol. The molecule has 0 aliphatic rings. The Bertz CT molecular complexity index is 916. The molecule has 1 atom stereocenters. The van der Waals surface area contributed by atoms with Crippen molar-refractivity contribution < 1.29 is 4.79 Å². The standard InChI is InChI=1S/C20H19N2O2/c1-14(12-15-8-4-3-5-9-15)20(24)22(2)18-13-16-10-6-7-11-17(16)21-19(18)23/h3-11,13-14H,1,12H2,2H3,(H,21,23)/t14-/m1/s1. The molecule has 121 valence electrons. The van der Waals surface area contributed by atoms with Crippen molar-refractivity contribution in [2.75, 3.05) is 11.9 Å². The average molecular weight is 319 g/mol. The highest BCUT2D eigenvalue weighted by molar-refractivity contribution is 5.96. The first-order valence-electron chi connectivity index (χ1n) is 7.83. The maximum absolute atomic E-state index is 12.6. The molecular weight excluding hydrogens is 300 g/mol. The molecule has 0 saturated carbocycles. The first-order chi connectivity index (χ1) is 11.6. The number of nitrogens with zero attached hydrogens (tertiary/aromatic N) is 1. The van der Waals surface area contributed by atoms with Gasteiger partial charge in [-0.1, -0.05) is 48.5 Å². The molecular formula is C20H19N2O2. The van der Waals surface area contributed by atoms with Crippen LogP contribution in [0.1, 0.15) is 5.56 Å². The van der Waals surface area contributed by atoms with E-state index in [2.05, 4.69) is 11.9 Å². The van der Waals surface area contributed by atoms with E-state index >= 15 is 0 Å². The van der Waals surface area contributed by atoms with E-state index in [-0.39, 0.29) is 11.5 Å². The summed E-state index contributed by atoms with van der Waals surface area (Å²) >= 11 is 0. The second-order valence-corrected chi connectivity index (χ2v) is 5.85.